The number of unbranched alkanes of at least 4 members (excludes halogenated alkanes) is 7. The Balaban J connectivity index is 1.67. The molecule has 0 fully saturated rings. The molecule has 0 saturated heterocycles. The van der Waals surface area contributed by atoms with E-state index in [1.54, 1.807) is 6.07 Å². The number of carboxylic acid groups (broad SMARTS) is 1. The summed E-state index contributed by atoms with van der Waals surface area (Å²) in [5.74, 6) is -0.984. The van der Waals surface area contributed by atoms with E-state index < -0.39 is 10.9 Å². The Morgan fingerprint density at radius 2 is 1.55 bits per heavy atom. The lowest BCUT2D eigenvalue weighted by atomic mass is 9.99. The van der Waals surface area contributed by atoms with Gasteiger partial charge in [0, 0.05) is 16.7 Å². The number of thioether (sulfide) groups is 1. The first kappa shape index (κ1) is 30.0. The van der Waals surface area contributed by atoms with Crippen molar-refractivity contribution in [3.8, 4) is 5.88 Å². The summed E-state index contributed by atoms with van der Waals surface area (Å²) in [6.45, 7) is 4.39. The van der Waals surface area contributed by atoms with Crippen molar-refractivity contribution < 1.29 is 19.7 Å². The third-order valence-corrected chi connectivity index (χ3v) is 8.20. The van der Waals surface area contributed by atoms with Gasteiger partial charge in [0.2, 0.25) is 5.88 Å². The van der Waals surface area contributed by atoms with Crippen molar-refractivity contribution in [2.24, 2.45) is 0 Å². The van der Waals surface area contributed by atoms with Gasteiger partial charge in [0.25, 0.3) is 0 Å². The zero-order chi connectivity index (χ0) is 27.4. The number of nitrogens with zero attached hydrogens (tertiary/aromatic N) is 1. The van der Waals surface area contributed by atoms with Crippen LogP contribution in [0.15, 0.2) is 53.4 Å². The number of aryl methyl sites for hydroxylation is 1. The summed E-state index contributed by atoms with van der Waals surface area (Å²) in [5.41, 5.74) is 3.17. The Kier molecular flexibility index (Phi) is 11.9. The number of pyridine rings is 1. The molecule has 6 heteroatoms. The van der Waals surface area contributed by atoms with E-state index in [9.17, 15) is 15.0 Å². The largest absolute Gasteiger partial charge is 0.480 e. The molecule has 206 valence electrons. The quantitative estimate of drug-likeness (QED) is 0.102. The Morgan fingerprint density at radius 3 is 2.21 bits per heavy atom. The fourth-order valence-electron chi connectivity index (χ4n) is 4.78. The number of methoxy groups -OCH3 is 1. The number of ether oxygens (including phenoxy) is 1. The van der Waals surface area contributed by atoms with E-state index in [1.165, 1.54) is 69.4 Å². The Hall–Kier alpha value is -2.57. The summed E-state index contributed by atoms with van der Waals surface area (Å²) in [6.07, 6.45) is 13.5. The lowest BCUT2D eigenvalue weighted by Gasteiger charge is -2.28. The molecule has 0 aliphatic carbocycles. The smallest absolute Gasteiger partial charge is 0.341 e. The molecule has 3 aromatic rings. The van der Waals surface area contributed by atoms with E-state index in [0.717, 1.165) is 35.1 Å². The summed E-state index contributed by atoms with van der Waals surface area (Å²) < 4.78 is 5.20. The van der Waals surface area contributed by atoms with Crippen molar-refractivity contribution in [2.45, 2.75) is 101 Å². The second kappa shape index (κ2) is 15.1. The lowest BCUT2D eigenvalue weighted by molar-refractivity contribution is 0.0692. The van der Waals surface area contributed by atoms with E-state index in [4.69, 9.17) is 4.74 Å². The second-order valence-corrected chi connectivity index (χ2v) is 11.7. The molecule has 0 amide bonds. The molecule has 0 spiro atoms. The first-order chi connectivity index (χ1) is 18.4. The molecule has 38 heavy (non-hydrogen) atoms. The minimum absolute atomic E-state index is 0.0373. The summed E-state index contributed by atoms with van der Waals surface area (Å²) in [6, 6.07) is 16.0. The number of fused-ring (bicyclic) bond motifs is 1. The number of hydrogen-bond donors (Lipinski definition) is 2. The number of benzene rings is 2. The monoisotopic (exact) mass is 537 g/mol. The predicted molar refractivity (Wildman–Crippen MR) is 157 cm³/mol. The van der Waals surface area contributed by atoms with Crippen LogP contribution in [0.1, 0.15) is 99.5 Å². The van der Waals surface area contributed by atoms with E-state index in [2.05, 4.69) is 43.1 Å². The number of carboxylic acids is 1. The minimum Gasteiger partial charge on any atom is -0.480 e. The molecule has 1 atom stereocenters. The lowest BCUT2D eigenvalue weighted by Crippen LogP contribution is -2.27. The molecule has 0 aliphatic rings. The van der Waals surface area contributed by atoms with Gasteiger partial charge in [0.05, 0.1) is 12.6 Å². The van der Waals surface area contributed by atoms with Gasteiger partial charge in [-0.15, -0.1) is 0 Å². The van der Waals surface area contributed by atoms with Crippen molar-refractivity contribution in [1.29, 1.82) is 0 Å². The van der Waals surface area contributed by atoms with Crippen LogP contribution in [-0.4, -0.2) is 33.2 Å². The van der Waals surface area contributed by atoms with Gasteiger partial charge in [-0.05, 0) is 55.0 Å². The maximum absolute atomic E-state index is 11.7. The first-order valence-corrected chi connectivity index (χ1v) is 14.9. The van der Waals surface area contributed by atoms with Gasteiger partial charge in [0.15, 0.2) is 0 Å². The standard InChI is InChI=1S/C32H43NO4S/c1-4-6-8-9-10-11-12-13-24-14-16-25(17-15-24)23-32(36,20-7-5-2)38-27-19-18-26-21-28(31(34)35)30(37-3)33-29(26)22-27/h14-19,21-22,36H,4-13,20,23H2,1-3H3,(H,34,35)/t32-/m1/s1. The van der Waals surface area contributed by atoms with Gasteiger partial charge in [-0.1, -0.05) is 101 Å². The minimum atomic E-state index is -1.07. The van der Waals surface area contributed by atoms with Crippen molar-refractivity contribution in [3.63, 3.8) is 0 Å². The molecule has 0 saturated carbocycles. The molecular formula is C32H43NO4S. The van der Waals surface area contributed by atoms with Crippen LogP contribution in [0, 0.1) is 0 Å². The number of aromatic carboxylic acids is 1. The van der Waals surface area contributed by atoms with E-state index in [1.807, 2.05) is 18.2 Å². The molecular weight excluding hydrogens is 494 g/mol. The Labute approximate surface area is 232 Å². The molecule has 0 unspecified atom stereocenters. The van der Waals surface area contributed by atoms with Crippen LogP contribution in [0.2, 0.25) is 0 Å². The van der Waals surface area contributed by atoms with Crippen molar-refractivity contribution >= 4 is 28.6 Å². The molecule has 1 aromatic heterocycles. The number of rotatable bonds is 17. The number of aliphatic hydroxyl groups is 1. The number of carbonyl (C=O) groups is 1. The average molecular weight is 538 g/mol. The second-order valence-electron chi connectivity index (χ2n) is 10.2. The highest BCUT2D eigenvalue weighted by Crippen LogP contribution is 2.39. The zero-order valence-electron chi connectivity index (χ0n) is 23.2. The molecule has 0 radical (unpaired) electrons. The zero-order valence-corrected chi connectivity index (χ0v) is 24.0. The maximum atomic E-state index is 11.7. The van der Waals surface area contributed by atoms with Crippen LogP contribution in [0.25, 0.3) is 10.9 Å². The fraction of sp³-hybridized carbons (Fsp3) is 0.500. The van der Waals surface area contributed by atoms with Gasteiger partial charge in [-0.2, -0.15) is 0 Å². The highest BCUT2D eigenvalue weighted by atomic mass is 32.2. The summed E-state index contributed by atoms with van der Waals surface area (Å²) in [5, 5.41) is 21.9. The summed E-state index contributed by atoms with van der Waals surface area (Å²) >= 11 is 1.45. The third kappa shape index (κ3) is 9.02. The van der Waals surface area contributed by atoms with E-state index in [-0.39, 0.29) is 11.4 Å². The number of hydrogen-bond acceptors (Lipinski definition) is 5. The van der Waals surface area contributed by atoms with Crippen molar-refractivity contribution in [1.82, 2.24) is 4.98 Å². The molecule has 2 N–H and O–H groups in total. The topological polar surface area (TPSA) is 79.7 Å². The van der Waals surface area contributed by atoms with Crippen LogP contribution in [0.4, 0.5) is 0 Å². The molecule has 3 rings (SSSR count). The van der Waals surface area contributed by atoms with Gasteiger partial charge < -0.3 is 14.9 Å². The molecule has 2 aromatic carbocycles. The van der Waals surface area contributed by atoms with E-state index >= 15 is 0 Å². The van der Waals surface area contributed by atoms with Crippen LogP contribution in [0.3, 0.4) is 0 Å². The number of aromatic nitrogens is 1. The van der Waals surface area contributed by atoms with E-state index in [0.29, 0.717) is 18.4 Å². The molecule has 0 bridgehead atoms. The Bertz CT molecular complexity index is 1160. The highest BCUT2D eigenvalue weighted by Gasteiger charge is 2.28. The van der Waals surface area contributed by atoms with Gasteiger partial charge in [0.1, 0.15) is 10.5 Å². The normalized spacial score (nSPS) is 12.9. The summed E-state index contributed by atoms with van der Waals surface area (Å²) in [7, 11) is 1.42. The van der Waals surface area contributed by atoms with Gasteiger partial charge >= 0.3 is 5.97 Å². The van der Waals surface area contributed by atoms with Crippen LogP contribution in [0.5, 0.6) is 5.88 Å². The predicted octanol–water partition coefficient (Wildman–Crippen LogP) is 8.45. The maximum Gasteiger partial charge on any atom is 0.341 e. The van der Waals surface area contributed by atoms with Gasteiger partial charge in [-0.3, -0.25) is 0 Å². The first-order valence-electron chi connectivity index (χ1n) is 14.1. The molecule has 5 nitrogen and oxygen atoms in total. The fourth-order valence-corrected chi connectivity index (χ4v) is 6.01. The van der Waals surface area contributed by atoms with Crippen LogP contribution >= 0.6 is 11.8 Å². The van der Waals surface area contributed by atoms with Crippen molar-refractivity contribution in [2.75, 3.05) is 7.11 Å². The third-order valence-electron chi connectivity index (χ3n) is 6.98. The summed E-state index contributed by atoms with van der Waals surface area (Å²) in [4.78, 5) is 15.9. The molecule has 1 heterocycles. The van der Waals surface area contributed by atoms with Crippen LogP contribution in [-0.2, 0) is 12.8 Å². The average Bonchev–Trinajstić information content (AvgIpc) is 2.91. The van der Waals surface area contributed by atoms with Gasteiger partial charge in [-0.25, -0.2) is 9.78 Å². The highest BCUT2D eigenvalue weighted by molar-refractivity contribution is 8.00. The van der Waals surface area contributed by atoms with Crippen LogP contribution < -0.4 is 4.74 Å². The Morgan fingerprint density at radius 1 is 0.895 bits per heavy atom. The van der Waals surface area contributed by atoms with Crippen molar-refractivity contribution in [3.05, 3.63) is 65.2 Å². The SMILES string of the molecule is CCCCCCCCCc1ccc(C[C@@](O)(CCCC)Sc2ccc3cc(C(=O)O)c(OC)nc3c2)cc1. The molecule has 0 aliphatic heterocycles.